The molecular formula is C19H24N2O2S. The Labute approximate surface area is 148 Å². The number of hydrogen-bond acceptors (Lipinski definition) is 5. The van der Waals surface area contributed by atoms with Gasteiger partial charge in [-0.1, -0.05) is 19.1 Å². The van der Waals surface area contributed by atoms with Gasteiger partial charge in [0.05, 0.1) is 0 Å². The van der Waals surface area contributed by atoms with E-state index in [9.17, 15) is 0 Å². The van der Waals surface area contributed by atoms with Gasteiger partial charge >= 0.3 is 0 Å². The van der Waals surface area contributed by atoms with Crippen LogP contribution in [-0.4, -0.2) is 34.7 Å². The van der Waals surface area contributed by atoms with Gasteiger partial charge in [-0.3, -0.25) is 9.88 Å². The summed E-state index contributed by atoms with van der Waals surface area (Å²) >= 11 is 1.92. The van der Waals surface area contributed by atoms with E-state index in [1.54, 1.807) is 0 Å². The van der Waals surface area contributed by atoms with Crippen LogP contribution in [0, 0.1) is 0 Å². The smallest absolute Gasteiger partial charge is 0.231 e. The van der Waals surface area contributed by atoms with Gasteiger partial charge in [-0.15, -0.1) is 0 Å². The zero-order valence-electron chi connectivity index (χ0n) is 14.3. The molecule has 0 bridgehead atoms. The minimum Gasteiger partial charge on any atom is -0.454 e. The number of ether oxygens (including phenoxy) is 2. The third-order valence-corrected chi connectivity index (χ3v) is 5.27. The largest absolute Gasteiger partial charge is 0.454 e. The SMILES string of the molecule is CS[C@H](C)CCN(Cc1cccnc1)Cc1ccc2c(c1)OCO2. The molecule has 1 aliphatic rings. The Morgan fingerprint density at radius 2 is 2.00 bits per heavy atom. The first kappa shape index (κ1) is 17.1. The van der Waals surface area contributed by atoms with Crippen molar-refractivity contribution < 1.29 is 9.47 Å². The first-order chi connectivity index (χ1) is 11.7. The van der Waals surface area contributed by atoms with E-state index in [0.717, 1.165) is 31.1 Å². The van der Waals surface area contributed by atoms with Crippen molar-refractivity contribution in [2.24, 2.45) is 0 Å². The summed E-state index contributed by atoms with van der Waals surface area (Å²) in [5.41, 5.74) is 2.50. The number of rotatable bonds is 8. The molecule has 0 amide bonds. The molecule has 0 aliphatic carbocycles. The van der Waals surface area contributed by atoms with Gasteiger partial charge in [-0.25, -0.2) is 0 Å². The van der Waals surface area contributed by atoms with Gasteiger partial charge < -0.3 is 9.47 Å². The summed E-state index contributed by atoms with van der Waals surface area (Å²) < 4.78 is 10.9. The van der Waals surface area contributed by atoms with Crippen molar-refractivity contribution in [1.82, 2.24) is 9.88 Å². The summed E-state index contributed by atoms with van der Waals surface area (Å²) in [6.45, 7) is 5.47. The molecule has 128 valence electrons. The molecule has 0 unspecified atom stereocenters. The number of nitrogens with zero attached hydrogens (tertiary/aromatic N) is 2. The van der Waals surface area contributed by atoms with E-state index < -0.39 is 0 Å². The highest BCUT2D eigenvalue weighted by molar-refractivity contribution is 7.99. The minimum absolute atomic E-state index is 0.323. The number of benzene rings is 1. The lowest BCUT2D eigenvalue weighted by molar-refractivity contribution is 0.174. The molecule has 3 rings (SSSR count). The summed E-state index contributed by atoms with van der Waals surface area (Å²) in [5, 5.41) is 0.665. The Kier molecular flexibility index (Phi) is 5.99. The molecular weight excluding hydrogens is 320 g/mol. The Hall–Kier alpha value is -1.72. The Balaban J connectivity index is 1.68. The van der Waals surface area contributed by atoms with E-state index in [2.05, 4.69) is 41.3 Å². The summed E-state index contributed by atoms with van der Waals surface area (Å²) in [6, 6.07) is 10.4. The van der Waals surface area contributed by atoms with Gasteiger partial charge in [-0.2, -0.15) is 11.8 Å². The highest BCUT2D eigenvalue weighted by Crippen LogP contribution is 2.33. The summed E-state index contributed by atoms with van der Waals surface area (Å²) in [7, 11) is 0. The lowest BCUT2D eigenvalue weighted by Gasteiger charge is -2.24. The average Bonchev–Trinajstić information content (AvgIpc) is 3.08. The quantitative estimate of drug-likeness (QED) is 0.724. The first-order valence-electron chi connectivity index (χ1n) is 8.27. The molecule has 0 spiro atoms. The van der Waals surface area contributed by atoms with Crippen LogP contribution in [0.2, 0.25) is 0 Å². The van der Waals surface area contributed by atoms with Crippen LogP contribution >= 0.6 is 11.8 Å². The number of aromatic nitrogens is 1. The summed E-state index contributed by atoms with van der Waals surface area (Å²) in [6.07, 6.45) is 7.12. The number of hydrogen-bond donors (Lipinski definition) is 0. The fourth-order valence-corrected chi connectivity index (χ4v) is 3.08. The molecule has 1 atom stereocenters. The van der Waals surface area contributed by atoms with Crippen LogP contribution in [0.4, 0.5) is 0 Å². The Bertz CT molecular complexity index is 651. The molecule has 1 aliphatic heterocycles. The minimum atomic E-state index is 0.323. The van der Waals surface area contributed by atoms with E-state index in [1.807, 2.05) is 36.3 Å². The predicted molar refractivity (Wildman–Crippen MR) is 98.5 cm³/mol. The maximum Gasteiger partial charge on any atom is 0.231 e. The molecule has 0 saturated carbocycles. The third-order valence-electron chi connectivity index (χ3n) is 4.23. The van der Waals surface area contributed by atoms with E-state index in [1.165, 1.54) is 17.5 Å². The molecule has 24 heavy (non-hydrogen) atoms. The molecule has 0 fully saturated rings. The van der Waals surface area contributed by atoms with Crippen molar-refractivity contribution >= 4 is 11.8 Å². The van der Waals surface area contributed by atoms with Crippen molar-refractivity contribution in [2.45, 2.75) is 31.7 Å². The van der Waals surface area contributed by atoms with Crippen LogP contribution in [-0.2, 0) is 13.1 Å². The zero-order chi connectivity index (χ0) is 16.8. The van der Waals surface area contributed by atoms with Crippen LogP contribution in [0.5, 0.6) is 11.5 Å². The molecule has 1 aromatic carbocycles. The molecule has 4 nitrogen and oxygen atoms in total. The lowest BCUT2D eigenvalue weighted by Crippen LogP contribution is -2.25. The lowest BCUT2D eigenvalue weighted by atomic mass is 10.1. The van der Waals surface area contributed by atoms with Crippen molar-refractivity contribution in [3.05, 3.63) is 53.9 Å². The number of thioether (sulfide) groups is 1. The fourth-order valence-electron chi connectivity index (χ4n) is 2.74. The summed E-state index contributed by atoms with van der Waals surface area (Å²) in [5.74, 6) is 1.69. The number of fused-ring (bicyclic) bond motifs is 1. The second-order valence-corrected chi connectivity index (χ2v) is 7.37. The maximum absolute atomic E-state index is 5.50. The zero-order valence-corrected chi connectivity index (χ0v) is 15.1. The van der Waals surface area contributed by atoms with Gasteiger partial charge in [0.2, 0.25) is 6.79 Å². The second-order valence-electron chi connectivity index (χ2n) is 6.09. The second kappa shape index (κ2) is 8.40. The van der Waals surface area contributed by atoms with Crippen molar-refractivity contribution in [3.63, 3.8) is 0 Å². The maximum atomic E-state index is 5.50. The molecule has 0 saturated heterocycles. The standard InChI is InChI=1S/C19H24N2O2S/c1-15(24-2)7-9-21(13-17-4-3-8-20-11-17)12-16-5-6-18-19(10-16)23-14-22-18/h3-6,8,10-11,15H,7,9,12-14H2,1-2H3/t15-/m1/s1. The molecule has 2 aromatic rings. The third kappa shape index (κ3) is 4.65. The normalized spacial score (nSPS) is 14.1. The van der Waals surface area contributed by atoms with E-state index >= 15 is 0 Å². The monoisotopic (exact) mass is 344 g/mol. The van der Waals surface area contributed by atoms with Crippen molar-refractivity contribution in [1.29, 1.82) is 0 Å². The van der Waals surface area contributed by atoms with Gasteiger partial charge in [0.25, 0.3) is 0 Å². The van der Waals surface area contributed by atoms with Crippen LogP contribution in [0.15, 0.2) is 42.7 Å². The summed E-state index contributed by atoms with van der Waals surface area (Å²) in [4.78, 5) is 6.71. The molecule has 5 heteroatoms. The molecule has 1 aromatic heterocycles. The first-order valence-corrected chi connectivity index (χ1v) is 9.56. The van der Waals surface area contributed by atoms with Crippen LogP contribution in [0.1, 0.15) is 24.5 Å². The van der Waals surface area contributed by atoms with Crippen molar-refractivity contribution in [3.8, 4) is 11.5 Å². The fraction of sp³-hybridized carbons (Fsp3) is 0.421. The van der Waals surface area contributed by atoms with Gasteiger partial charge in [0.1, 0.15) is 0 Å². The Morgan fingerprint density at radius 3 is 2.79 bits per heavy atom. The van der Waals surface area contributed by atoms with Crippen LogP contribution < -0.4 is 9.47 Å². The van der Waals surface area contributed by atoms with E-state index in [-0.39, 0.29) is 0 Å². The Morgan fingerprint density at radius 1 is 1.17 bits per heavy atom. The van der Waals surface area contributed by atoms with E-state index in [0.29, 0.717) is 12.0 Å². The highest BCUT2D eigenvalue weighted by atomic mass is 32.2. The van der Waals surface area contributed by atoms with Gasteiger partial charge in [0, 0.05) is 30.7 Å². The highest BCUT2D eigenvalue weighted by Gasteiger charge is 2.15. The molecule has 0 radical (unpaired) electrons. The van der Waals surface area contributed by atoms with Crippen molar-refractivity contribution in [2.75, 3.05) is 19.6 Å². The van der Waals surface area contributed by atoms with Crippen LogP contribution in [0.3, 0.4) is 0 Å². The predicted octanol–water partition coefficient (Wildman–Crippen LogP) is 3.95. The molecule has 2 heterocycles. The van der Waals surface area contributed by atoms with Crippen LogP contribution in [0.25, 0.3) is 0 Å². The van der Waals surface area contributed by atoms with Gasteiger partial charge in [0.15, 0.2) is 11.5 Å². The van der Waals surface area contributed by atoms with Gasteiger partial charge in [-0.05, 0) is 48.5 Å². The number of pyridine rings is 1. The van der Waals surface area contributed by atoms with E-state index in [4.69, 9.17) is 9.47 Å². The average molecular weight is 344 g/mol. The molecule has 0 N–H and O–H groups in total. The topological polar surface area (TPSA) is 34.6 Å².